The van der Waals surface area contributed by atoms with Gasteiger partial charge in [0.1, 0.15) is 0 Å². The molecule has 0 atom stereocenters. The van der Waals surface area contributed by atoms with Crippen molar-refractivity contribution in [1.29, 1.82) is 0 Å². The lowest BCUT2D eigenvalue weighted by Crippen LogP contribution is -2.10. The molecule has 1 heteroatoms. The van der Waals surface area contributed by atoms with Crippen LogP contribution in [0.4, 0.5) is 17.1 Å². The maximum absolute atomic E-state index is 2.40. The summed E-state index contributed by atoms with van der Waals surface area (Å²) in [5.74, 6) is 0. The van der Waals surface area contributed by atoms with E-state index in [0.717, 1.165) is 17.1 Å². The Hall–Kier alpha value is -6.96. The lowest BCUT2D eigenvalue weighted by molar-refractivity contribution is 1.28. The topological polar surface area (TPSA) is 3.24 Å². The molecule has 1 nitrogen and oxygen atoms in total. The lowest BCUT2D eigenvalue weighted by atomic mass is 9.93. The molecule has 0 aromatic heterocycles. The van der Waals surface area contributed by atoms with Gasteiger partial charge in [-0.25, -0.2) is 0 Å². The van der Waals surface area contributed by atoms with Gasteiger partial charge in [0.25, 0.3) is 0 Å². The molecule has 0 saturated heterocycles. The molecule has 0 heterocycles. The van der Waals surface area contributed by atoms with Gasteiger partial charge in [-0.15, -0.1) is 0 Å². The average molecular weight is 674 g/mol. The second-order valence-electron chi connectivity index (χ2n) is 13.7. The van der Waals surface area contributed by atoms with E-state index < -0.39 is 0 Å². The molecule has 0 amide bonds. The van der Waals surface area contributed by atoms with Gasteiger partial charge in [0.05, 0.1) is 0 Å². The average Bonchev–Trinajstić information content (AvgIpc) is 3.23. The van der Waals surface area contributed by atoms with Crippen LogP contribution in [0.15, 0.2) is 212 Å². The Morgan fingerprint density at radius 1 is 0.226 bits per heavy atom. The van der Waals surface area contributed by atoms with Gasteiger partial charge in [0.2, 0.25) is 0 Å². The Labute approximate surface area is 309 Å². The van der Waals surface area contributed by atoms with Crippen LogP contribution >= 0.6 is 0 Å². The summed E-state index contributed by atoms with van der Waals surface area (Å²) in [4.78, 5) is 2.40. The fraction of sp³-hybridized carbons (Fsp3) is 0. The van der Waals surface area contributed by atoms with Crippen LogP contribution in [-0.2, 0) is 0 Å². The van der Waals surface area contributed by atoms with E-state index >= 15 is 0 Å². The van der Waals surface area contributed by atoms with Crippen LogP contribution in [0.25, 0.3) is 76.5 Å². The number of nitrogens with zero attached hydrogens (tertiary/aromatic N) is 1. The van der Waals surface area contributed by atoms with Crippen molar-refractivity contribution in [2.75, 3.05) is 4.90 Å². The third kappa shape index (κ3) is 5.51. The van der Waals surface area contributed by atoms with E-state index in [1.165, 1.54) is 76.5 Å². The quantitative estimate of drug-likeness (QED) is 0.159. The molecule has 0 N–H and O–H groups in total. The van der Waals surface area contributed by atoms with E-state index in [2.05, 4.69) is 217 Å². The molecule has 0 aliphatic carbocycles. The third-order valence-corrected chi connectivity index (χ3v) is 10.6. The second-order valence-corrected chi connectivity index (χ2v) is 13.7. The Bertz CT molecular complexity index is 2940. The number of benzene rings is 10. The van der Waals surface area contributed by atoms with Crippen molar-refractivity contribution >= 4 is 60.2 Å². The summed E-state index contributed by atoms with van der Waals surface area (Å²) in [6, 6.07) is 77.3. The van der Waals surface area contributed by atoms with Crippen molar-refractivity contribution in [1.82, 2.24) is 0 Å². The fourth-order valence-electron chi connectivity index (χ4n) is 8.11. The van der Waals surface area contributed by atoms with Gasteiger partial charge in [0, 0.05) is 17.1 Å². The van der Waals surface area contributed by atoms with Crippen LogP contribution in [0.3, 0.4) is 0 Å². The van der Waals surface area contributed by atoms with Gasteiger partial charge in [-0.3, -0.25) is 0 Å². The first-order chi connectivity index (χ1) is 26.3. The van der Waals surface area contributed by atoms with Gasteiger partial charge >= 0.3 is 0 Å². The molecule has 0 spiro atoms. The van der Waals surface area contributed by atoms with Crippen LogP contribution in [0.2, 0.25) is 0 Å². The van der Waals surface area contributed by atoms with Crippen LogP contribution in [0.1, 0.15) is 0 Å². The van der Waals surface area contributed by atoms with E-state index in [4.69, 9.17) is 0 Å². The maximum Gasteiger partial charge on any atom is 0.0467 e. The minimum Gasteiger partial charge on any atom is -0.310 e. The van der Waals surface area contributed by atoms with Gasteiger partial charge in [-0.2, -0.15) is 0 Å². The predicted octanol–water partition coefficient (Wildman–Crippen LogP) is 14.8. The first kappa shape index (κ1) is 30.8. The summed E-state index contributed by atoms with van der Waals surface area (Å²) in [7, 11) is 0. The molecule has 0 saturated carbocycles. The Balaban J connectivity index is 1.15. The highest BCUT2D eigenvalue weighted by molar-refractivity contribution is 6.14. The van der Waals surface area contributed by atoms with Crippen molar-refractivity contribution < 1.29 is 0 Å². The van der Waals surface area contributed by atoms with Gasteiger partial charge in [0.15, 0.2) is 0 Å². The summed E-state index contributed by atoms with van der Waals surface area (Å²) in [5.41, 5.74) is 10.6. The Morgan fingerprint density at radius 3 is 1.30 bits per heavy atom. The van der Waals surface area contributed by atoms with Crippen LogP contribution in [0, 0.1) is 0 Å². The molecule has 248 valence electrons. The predicted molar refractivity (Wildman–Crippen MR) is 227 cm³/mol. The first-order valence-electron chi connectivity index (χ1n) is 18.3. The van der Waals surface area contributed by atoms with Crippen molar-refractivity contribution in [2.24, 2.45) is 0 Å². The molecular formula is C52H35N. The summed E-state index contributed by atoms with van der Waals surface area (Å²) in [5, 5.41) is 10.1. The van der Waals surface area contributed by atoms with Crippen LogP contribution in [-0.4, -0.2) is 0 Å². The lowest BCUT2D eigenvalue weighted by Gasteiger charge is -2.27. The summed E-state index contributed by atoms with van der Waals surface area (Å²) < 4.78 is 0. The van der Waals surface area contributed by atoms with Gasteiger partial charge in [-0.05, 0) is 119 Å². The van der Waals surface area contributed by atoms with E-state index in [-0.39, 0.29) is 0 Å². The summed E-state index contributed by atoms with van der Waals surface area (Å²) in [6.07, 6.45) is 0. The van der Waals surface area contributed by atoms with Gasteiger partial charge < -0.3 is 4.90 Å². The molecule has 0 radical (unpaired) electrons. The number of anilines is 3. The zero-order valence-electron chi connectivity index (χ0n) is 29.2. The highest BCUT2D eigenvalue weighted by Crippen LogP contribution is 2.42. The number of rotatable bonds is 6. The fourth-order valence-corrected chi connectivity index (χ4v) is 8.11. The zero-order valence-corrected chi connectivity index (χ0v) is 29.2. The van der Waals surface area contributed by atoms with Crippen LogP contribution in [0.5, 0.6) is 0 Å². The number of hydrogen-bond donors (Lipinski definition) is 0. The SMILES string of the molecule is c1cc(-c2cccc3ccccc23)cc(N(c2ccc(-c3cccc4ccccc34)cc2)c2cccc(-c3cc4ccccc4c4ccccc34)c2)c1. The first-order valence-corrected chi connectivity index (χ1v) is 18.3. The highest BCUT2D eigenvalue weighted by atomic mass is 15.1. The van der Waals surface area contributed by atoms with Gasteiger partial charge in [-0.1, -0.05) is 170 Å². The number of hydrogen-bond acceptors (Lipinski definition) is 1. The standard InChI is InChI=1S/C52H35N/c1-4-22-45-36(13-1)16-11-27-47(45)38-29-31-42(32-30-38)53(43-20-9-18-39(33-43)48-28-12-17-37-14-2-5-23-46(37)48)44-21-10-19-40(34-44)52-35-41-15-3-6-24-49(41)50-25-7-8-26-51(50)52/h1-35H. The molecule has 10 aromatic carbocycles. The van der Waals surface area contributed by atoms with Crippen molar-refractivity contribution in [3.8, 4) is 33.4 Å². The largest absolute Gasteiger partial charge is 0.310 e. The maximum atomic E-state index is 2.40. The second kappa shape index (κ2) is 13.0. The molecule has 0 aliphatic rings. The summed E-state index contributed by atoms with van der Waals surface area (Å²) >= 11 is 0. The normalized spacial score (nSPS) is 11.4. The van der Waals surface area contributed by atoms with E-state index in [9.17, 15) is 0 Å². The molecular weight excluding hydrogens is 639 g/mol. The van der Waals surface area contributed by atoms with E-state index in [0.29, 0.717) is 0 Å². The number of fused-ring (bicyclic) bond motifs is 5. The Kier molecular flexibility index (Phi) is 7.55. The third-order valence-electron chi connectivity index (χ3n) is 10.6. The molecule has 0 bridgehead atoms. The minimum absolute atomic E-state index is 1.10. The molecule has 10 aromatic rings. The van der Waals surface area contributed by atoms with Crippen molar-refractivity contribution in [3.63, 3.8) is 0 Å². The summed E-state index contributed by atoms with van der Waals surface area (Å²) in [6.45, 7) is 0. The smallest absolute Gasteiger partial charge is 0.0467 e. The molecule has 53 heavy (non-hydrogen) atoms. The molecule has 10 rings (SSSR count). The van der Waals surface area contributed by atoms with Crippen molar-refractivity contribution in [3.05, 3.63) is 212 Å². The zero-order chi connectivity index (χ0) is 35.1. The molecule has 0 aliphatic heterocycles. The Morgan fingerprint density at radius 2 is 0.679 bits per heavy atom. The van der Waals surface area contributed by atoms with E-state index in [1.807, 2.05) is 0 Å². The minimum atomic E-state index is 1.10. The van der Waals surface area contributed by atoms with Crippen molar-refractivity contribution in [2.45, 2.75) is 0 Å². The molecule has 0 fully saturated rings. The monoisotopic (exact) mass is 673 g/mol. The van der Waals surface area contributed by atoms with Crippen LogP contribution < -0.4 is 4.90 Å². The molecule has 0 unspecified atom stereocenters. The highest BCUT2D eigenvalue weighted by Gasteiger charge is 2.17. The van der Waals surface area contributed by atoms with E-state index in [1.54, 1.807) is 0 Å².